The summed E-state index contributed by atoms with van der Waals surface area (Å²) in [6.45, 7) is 14.0. The van der Waals surface area contributed by atoms with Crippen LogP contribution in [0, 0.1) is 27.3 Å². The second kappa shape index (κ2) is 8.64. The standard InChI is InChI=1S/C33H31N2O/c1-20-15-16-25-26-17-18-27(34-4)31(24-11-7-6-8-12-24)33(26)36-32(25)30(20)28-19-21(2)29(22(3)35(28)5)23-13-9-10-14-23/h6-8,11-12,15-19,23H,9-10,13-14H2,1-3,5H3/q+1/i19D,23D. The molecule has 5 aromatic rings. The normalized spacial score (nSPS) is 15.8. The van der Waals surface area contributed by atoms with Gasteiger partial charge in [0.1, 0.15) is 18.2 Å². The molecule has 0 aliphatic heterocycles. The van der Waals surface area contributed by atoms with E-state index in [1.54, 1.807) is 0 Å². The van der Waals surface area contributed by atoms with Crippen LogP contribution in [0.5, 0.6) is 0 Å². The molecule has 1 aliphatic rings. The third-order valence-electron chi connectivity index (χ3n) is 7.86. The highest BCUT2D eigenvalue weighted by Crippen LogP contribution is 2.45. The Hall–Kier alpha value is -3.90. The largest absolute Gasteiger partial charge is 0.456 e. The maximum atomic E-state index is 9.32. The van der Waals surface area contributed by atoms with E-state index in [4.69, 9.17) is 11.0 Å². The third-order valence-corrected chi connectivity index (χ3v) is 7.86. The van der Waals surface area contributed by atoms with Crippen LogP contribution in [0.15, 0.2) is 65.1 Å². The molecule has 0 N–H and O–H groups in total. The van der Waals surface area contributed by atoms with E-state index in [9.17, 15) is 2.74 Å². The van der Waals surface area contributed by atoms with E-state index in [1.165, 1.54) is 0 Å². The molecule has 1 aliphatic carbocycles. The fraction of sp³-hybridized carbons (Fsp3) is 0.273. The number of hydrogen-bond acceptors (Lipinski definition) is 1. The predicted octanol–water partition coefficient (Wildman–Crippen LogP) is 8.88. The van der Waals surface area contributed by atoms with Crippen LogP contribution in [-0.4, -0.2) is 0 Å². The van der Waals surface area contributed by atoms with Crippen molar-refractivity contribution in [3.05, 3.63) is 94.4 Å². The molecule has 0 atom stereocenters. The number of furan rings is 1. The van der Waals surface area contributed by atoms with Crippen molar-refractivity contribution in [2.75, 3.05) is 0 Å². The lowest BCUT2D eigenvalue weighted by atomic mass is 9.90. The predicted molar refractivity (Wildman–Crippen MR) is 147 cm³/mol. The Kier molecular flexibility index (Phi) is 4.88. The Morgan fingerprint density at radius 1 is 0.917 bits per heavy atom. The molecule has 0 bridgehead atoms. The summed E-state index contributed by atoms with van der Waals surface area (Å²) in [6.07, 6.45) is 3.82. The molecule has 0 spiro atoms. The Morgan fingerprint density at radius 3 is 2.28 bits per heavy atom. The van der Waals surface area contributed by atoms with E-state index in [-0.39, 0.29) is 0 Å². The first-order valence-electron chi connectivity index (χ1n) is 13.7. The van der Waals surface area contributed by atoms with Crippen molar-refractivity contribution in [1.29, 1.82) is 0 Å². The summed E-state index contributed by atoms with van der Waals surface area (Å²) in [7, 11) is 2.01. The molecule has 3 aromatic carbocycles. The van der Waals surface area contributed by atoms with Gasteiger partial charge in [0, 0.05) is 36.2 Å². The van der Waals surface area contributed by atoms with Gasteiger partial charge in [-0.25, -0.2) is 4.85 Å². The minimum absolute atomic E-state index is 0.452. The van der Waals surface area contributed by atoms with Gasteiger partial charge in [0.15, 0.2) is 11.4 Å². The Labute approximate surface area is 215 Å². The minimum Gasteiger partial charge on any atom is -0.456 e. The lowest BCUT2D eigenvalue weighted by molar-refractivity contribution is -0.667. The van der Waals surface area contributed by atoms with E-state index in [0.29, 0.717) is 17.3 Å². The van der Waals surface area contributed by atoms with Crippen molar-refractivity contribution in [3.63, 3.8) is 0 Å². The monoisotopic (exact) mass is 473 g/mol. The number of aryl methyl sites for hydroxylation is 1. The molecule has 0 radical (unpaired) electrons. The van der Waals surface area contributed by atoms with E-state index in [2.05, 4.69) is 35.4 Å². The molecule has 0 amide bonds. The molecular formula is C33H31N2O+. The van der Waals surface area contributed by atoms with Gasteiger partial charge in [0.25, 0.3) is 0 Å². The second-order valence-corrected chi connectivity index (χ2v) is 9.98. The quantitative estimate of drug-likeness (QED) is 0.189. The van der Waals surface area contributed by atoms with Crippen molar-refractivity contribution < 1.29 is 11.7 Å². The zero-order valence-electron chi connectivity index (χ0n) is 23.3. The number of rotatable bonds is 3. The van der Waals surface area contributed by atoms with Crippen molar-refractivity contribution >= 4 is 27.6 Å². The summed E-state index contributed by atoms with van der Waals surface area (Å²) in [6, 6.07) is 18.4. The molecular weight excluding hydrogens is 440 g/mol. The molecule has 2 heterocycles. The van der Waals surface area contributed by atoms with Crippen LogP contribution in [0.25, 0.3) is 49.2 Å². The van der Waals surface area contributed by atoms with Gasteiger partial charge in [-0.05, 0) is 49.3 Å². The first kappa shape index (κ1) is 20.3. The molecule has 2 aromatic heterocycles. The molecule has 0 unspecified atom stereocenters. The number of nitrogens with zero attached hydrogens (tertiary/aromatic N) is 2. The summed E-state index contributed by atoms with van der Waals surface area (Å²) in [5.74, 6) is -0.624. The van der Waals surface area contributed by atoms with Gasteiger partial charge in [0.05, 0.1) is 13.5 Å². The van der Waals surface area contributed by atoms with E-state index in [0.717, 1.165) is 86.8 Å². The number of fused-ring (bicyclic) bond motifs is 3. The summed E-state index contributed by atoms with van der Waals surface area (Å²) in [5, 5.41) is 1.93. The SMILES string of the molecule is [2H]c1c(C)c(C2([2H])CCCC2)c(C)[n+](C)c1-c1c(C)ccc2c1oc1c(-c3ccccc3)c([N+]#[C-])ccc12. The van der Waals surface area contributed by atoms with Gasteiger partial charge in [-0.2, -0.15) is 4.57 Å². The van der Waals surface area contributed by atoms with Crippen LogP contribution < -0.4 is 4.57 Å². The van der Waals surface area contributed by atoms with Crippen LogP contribution in [0.2, 0.25) is 0 Å². The average molecular weight is 474 g/mol. The Morgan fingerprint density at radius 2 is 1.58 bits per heavy atom. The van der Waals surface area contributed by atoms with Gasteiger partial charge in [-0.15, -0.1) is 0 Å². The molecule has 3 heteroatoms. The topological polar surface area (TPSA) is 21.4 Å². The first-order chi connectivity index (χ1) is 18.3. The van der Waals surface area contributed by atoms with Gasteiger partial charge < -0.3 is 4.42 Å². The summed E-state index contributed by atoms with van der Waals surface area (Å²) >= 11 is 0. The zero-order chi connectivity index (χ0) is 26.8. The molecule has 36 heavy (non-hydrogen) atoms. The fourth-order valence-corrected chi connectivity index (χ4v) is 6.00. The first-order valence-corrected chi connectivity index (χ1v) is 12.7. The summed E-state index contributed by atoms with van der Waals surface area (Å²) < 4.78 is 27.3. The maximum absolute atomic E-state index is 9.32. The van der Waals surface area contributed by atoms with Crippen LogP contribution in [-0.2, 0) is 7.05 Å². The average Bonchev–Trinajstić information content (AvgIpc) is 3.52. The van der Waals surface area contributed by atoms with Gasteiger partial charge in [-0.3, -0.25) is 0 Å². The maximum Gasteiger partial charge on any atom is 0.216 e. The molecule has 6 rings (SSSR count). The van der Waals surface area contributed by atoms with E-state index >= 15 is 0 Å². The highest BCUT2D eigenvalue weighted by molar-refractivity contribution is 6.15. The highest BCUT2D eigenvalue weighted by Gasteiger charge is 2.29. The van der Waals surface area contributed by atoms with Crippen LogP contribution in [0.1, 0.15) is 56.7 Å². The molecule has 0 saturated heterocycles. The number of aromatic nitrogens is 1. The highest BCUT2D eigenvalue weighted by atomic mass is 16.3. The summed E-state index contributed by atoms with van der Waals surface area (Å²) in [4.78, 5) is 3.81. The molecule has 178 valence electrons. The lowest BCUT2D eigenvalue weighted by Gasteiger charge is -2.17. The Balaban J connectivity index is 1.69. The van der Waals surface area contributed by atoms with Gasteiger partial charge in [-0.1, -0.05) is 67.4 Å². The van der Waals surface area contributed by atoms with Crippen molar-refractivity contribution in [2.24, 2.45) is 7.05 Å². The van der Waals surface area contributed by atoms with E-state index in [1.807, 2.05) is 56.4 Å². The number of pyridine rings is 1. The van der Waals surface area contributed by atoms with Crippen LogP contribution in [0.3, 0.4) is 0 Å². The summed E-state index contributed by atoms with van der Waals surface area (Å²) in [5.41, 5.74) is 9.40. The smallest absolute Gasteiger partial charge is 0.216 e. The molecule has 1 saturated carbocycles. The molecule has 3 nitrogen and oxygen atoms in total. The minimum atomic E-state index is -0.624. The van der Waals surface area contributed by atoms with Gasteiger partial charge >= 0.3 is 0 Å². The van der Waals surface area contributed by atoms with Crippen LogP contribution in [0.4, 0.5) is 5.69 Å². The number of hydrogen-bond donors (Lipinski definition) is 0. The van der Waals surface area contributed by atoms with E-state index < -0.39 is 5.89 Å². The van der Waals surface area contributed by atoms with Crippen LogP contribution >= 0.6 is 0 Å². The lowest BCUT2D eigenvalue weighted by Crippen LogP contribution is -2.37. The number of benzene rings is 3. The van der Waals surface area contributed by atoms with Gasteiger partial charge in [0.2, 0.25) is 5.69 Å². The fourth-order valence-electron chi connectivity index (χ4n) is 6.00. The Bertz CT molecular complexity index is 1760. The second-order valence-electron chi connectivity index (χ2n) is 9.98. The third kappa shape index (κ3) is 3.36. The van der Waals surface area contributed by atoms with Crippen molar-refractivity contribution in [2.45, 2.75) is 52.3 Å². The molecule has 1 fully saturated rings. The van der Waals surface area contributed by atoms with Crippen molar-refractivity contribution in [1.82, 2.24) is 0 Å². The zero-order valence-corrected chi connectivity index (χ0v) is 21.3. The van der Waals surface area contributed by atoms with Crippen molar-refractivity contribution in [3.8, 4) is 22.4 Å².